The first-order valence-electron chi connectivity index (χ1n) is 9.30. The van der Waals surface area contributed by atoms with Crippen molar-refractivity contribution in [3.05, 3.63) is 69.2 Å². The fourth-order valence-electron chi connectivity index (χ4n) is 3.25. The highest BCUT2D eigenvalue weighted by atomic mass is 35.5. The second-order valence-electron chi connectivity index (χ2n) is 6.74. The number of anilines is 1. The first-order valence-corrected chi connectivity index (χ1v) is 10.1. The van der Waals surface area contributed by atoms with Gasteiger partial charge in [-0.2, -0.15) is 5.06 Å². The van der Waals surface area contributed by atoms with Crippen LogP contribution in [0.1, 0.15) is 31.1 Å². The maximum Gasteiger partial charge on any atom is 0.337 e. The van der Waals surface area contributed by atoms with Crippen LogP contribution < -0.4 is 9.80 Å². The number of carboxylic acids is 3. The van der Waals surface area contributed by atoms with Crippen LogP contribution in [0.25, 0.3) is 10.8 Å². The molecular weight excluding hydrogens is 493 g/mol. The summed E-state index contributed by atoms with van der Waals surface area (Å²) in [4.78, 5) is 52.7. The molecule has 0 atom stereocenters. The number of amides is 1. The lowest BCUT2D eigenvalue weighted by atomic mass is 10.1. The Morgan fingerprint density at radius 2 is 1.53 bits per heavy atom. The van der Waals surface area contributed by atoms with Gasteiger partial charge in [0.05, 0.1) is 28.8 Å². The van der Waals surface area contributed by atoms with E-state index in [0.29, 0.717) is 10.4 Å². The van der Waals surface area contributed by atoms with Gasteiger partial charge >= 0.3 is 17.9 Å². The number of para-hydroxylation sites is 1. The van der Waals surface area contributed by atoms with Crippen LogP contribution in [0.15, 0.2) is 42.5 Å². The normalized spacial score (nSPS) is 10.7. The van der Waals surface area contributed by atoms with Gasteiger partial charge in [0.15, 0.2) is 6.61 Å². The van der Waals surface area contributed by atoms with E-state index in [-0.39, 0.29) is 26.7 Å². The van der Waals surface area contributed by atoms with Crippen LogP contribution in [0.3, 0.4) is 0 Å². The van der Waals surface area contributed by atoms with Crippen LogP contribution in [0, 0.1) is 0 Å². The Morgan fingerprint density at radius 3 is 2.06 bits per heavy atom. The van der Waals surface area contributed by atoms with Crippen molar-refractivity contribution in [3.8, 4) is 5.75 Å². The van der Waals surface area contributed by atoms with Gasteiger partial charge in [0, 0.05) is 10.4 Å². The molecule has 0 aliphatic rings. The number of benzene rings is 3. The molecule has 3 N–H and O–H groups in total. The van der Waals surface area contributed by atoms with E-state index in [2.05, 4.69) is 0 Å². The van der Waals surface area contributed by atoms with Crippen LogP contribution >= 0.6 is 23.2 Å². The average molecular weight is 508 g/mol. The van der Waals surface area contributed by atoms with Gasteiger partial charge in [-0.15, -0.1) is 0 Å². The molecule has 10 nitrogen and oxygen atoms in total. The molecule has 3 aromatic rings. The second-order valence-corrected chi connectivity index (χ2v) is 7.58. The molecule has 1 amide bonds. The molecule has 0 aliphatic heterocycles. The summed E-state index contributed by atoms with van der Waals surface area (Å²) in [5.41, 5.74) is -1.66. The SMILES string of the molecule is CON(C(=O)COc1cc(C(=O)O)cc2cc(Cl)cc(Cl)c12)c1c(C(=O)O)cccc1C(=O)O. The van der Waals surface area contributed by atoms with Crippen LogP contribution in [0.4, 0.5) is 5.69 Å². The topological polar surface area (TPSA) is 151 Å². The van der Waals surface area contributed by atoms with E-state index < -0.39 is 47.2 Å². The molecule has 3 rings (SSSR count). The minimum absolute atomic E-state index is 0.0639. The molecule has 176 valence electrons. The maximum atomic E-state index is 12.9. The largest absolute Gasteiger partial charge is 0.483 e. The summed E-state index contributed by atoms with van der Waals surface area (Å²) >= 11 is 12.2. The number of carbonyl (C=O) groups is 4. The third kappa shape index (κ3) is 4.88. The van der Waals surface area contributed by atoms with Gasteiger partial charge in [-0.05, 0) is 41.8 Å². The lowest BCUT2D eigenvalue weighted by molar-refractivity contribution is -0.126. The third-order valence-corrected chi connectivity index (χ3v) is 5.15. The highest BCUT2D eigenvalue weighted by Crippen LogP contribution is 2.36. The number of rotatable bonds is 8. The number of hydroxylamine groups is 1. The molecule has 0 aliphatic carbocycles. The van der Waals surface area contributed by atoms with E-state index in [4.69, 9.17) is 32.8 Å². The molecule has 0 fully saturated rings. The number of carboxylic acid groups (broad SMARTS) is 3. The summed E-state index contributed by atoms with van der Waals surface area (Å²) in [5, 5.41) is 29.8. The van der Waals surface area contributed by atoms with Crippen molar-refractivity contribution in [1.82, 2.24) is 0 Å². The summed E-state index contributed by atoms with van der Waals surface area (Å²) in [6, 6.07) is 8.78. The number of halogens is 2. The molecule has 3 aromatic carbocycles. The van der Waals surface area contributed by atoms with Crippen molar-refractivity contribution in [2.75, 3.05) is 18.8 Å². The van der Waals surface area contributed by atoms with Crippen LogP contribution in [-0.2, 0) is 9.63 Å². The van der Waals surface area contributed by atoms with Crippen LogP contribution in [-0.4, -0.2) is 52.9 Å². The van der Waals surface area contributed by atoms with Gasteiger partial charge in [0.25, 0.3) is 5.91 Å². The number of aromatic carboxylic acids is 3. The van der Waals surface area contributed by atoms with Crippen molar-refractivity contribution in [1.29, 1.82) is 0 Å². The highest BCUT2D eigenvalue weighted by molar-refractivity contribution is 6.39. The van der Waals surface area contributed by atoms with Crippen molar-refractivity contribution in [2.45, 2.75) is 0 Å². The van der Waals surface area contributed by atoms with Crippen molar-refractivity contribution < 1.29 is 44.1 Å². The molecule has 0 saturated carbocycles. The fraction of sp³-hybridized carbons (Fsp3) is 0.0909. The van der Waals surface area contributed by atoms with Crippen molar-refractivity contribution in [3.63, 3.8) is 0 Å². The van der Waals surface area contributed by atoms with Crippen LogP contribution in [0.5, 0.6) is 5.75 Å². The summed E-state index contributed by atoms with van der Waals surface area (Å²) in [6.07, 6.45) is 0. The number of ether oxygens (including phenoxy) is 1. The molecular formula is C22H15Cl2NO9. The van der Waals surface area contributed by atoms with E-state index in [9.17, 15) is 34.5 Å². The van der Waals surface area contributed by atoms with E-state index >= 15 is 0 Å². The Labute approximate surface area is 201 Å². The predicted octanol–water partition coefficient (Wildman–Crippen LogP) is 4.21. The molecule has 0 unspecified atom stereocenters. The summed E-state index contributed by atoms with van der Waals surface area (Å²) in [6.45, 7) is -0.780. The minimum atomic E-state index is -1.49. The molecule has 0 bridgehead atoms. The number of carbonyl (C=O) groups excluding carboxylic acids is 1. The van der Waals surface area contributed by atoms with Crippen LogP contribution in [0.2, 0.25) is 10.0 Å². The fourth-order valence-corrected chi connectivity index (χ4v) is 3.85. The summed E-state index contributed by atoms with van der Waals surface area (Å²) in [7, 11) is 1.04. The van der Waals surface area contributed by atoms with E-state index in [1.807, 2.05) is 0 Å². The number of nitrogens with zero attached hydrogens (tertiary/aromatic N) is 1. The summed E-state index contributed by atoms with van der Waals surface area (Å²) < 4.78 is 5.54. The smallest absolute Gasteiger partial charge is 0.337 e. The number of hydrogen-bond donors (Lipinski definition) is 3. The Hall–Kier alpha value is -3.86. The van der Waals surface area contributed by atoms with E-state index in [0.717, 1.165) is 25.3 Å². The Bertz CT molecular complexity index is 1310. The molecule has 0 saturated heterocycles. The van der Waals surface area contributed by atoms with Gasteiger partial charge < -0.3 is 20.1 Å². The standard InChI is InChI=1S/C22H15Cl2NO9/c1-33-25(19-13(21(29)30)3-2-4-14(19)22(31)32)17(26)9-34-16-7-11(20(27)28)5-10-6-12(23)8-15(24)18(10)16/h2-8H,9H2,1H3,(H,27,28)(H,29,30)(H,31,32). The Kier molecular flexibility index (Phi) is 7.26. The first kappa shape index (κ1) is 24.8. The third-order valence-electron chi connectivity index (χ3n) is 4.64. The Morgan fingerprint density at radius 1 is 0.912 bits per heavy atom. The quantitative estimate of drug-likeness (QED) is 0.380. The van der Waals surface area contributed by atoms with Crippen molar-refractivity contribution in [2.24, 2.45) is 0 Å². The first-order chi connectivity index (χ1) is 16.0. The second kappa shape index (κ2) is 9.96. The van der Waals surface area contributed by atoms with Gasteiger partial charge in [-0.1, -0.05) is 29.3 Å². The maximum absolute atomic E-state index is 12.9. The van der Waals surface area contributed by atoms with Gasteiger partial charge in [-0.25, -0.2) is 14.4 Å². The lowest BCUT2D eigenvalue weighted by Crippen LogP contribution is -2.36. The Balaban J connectivity index is 2.03. The lowest BCUT2D eigenvalue weighted by Gasteiger charge is -2.23. The predicted molar refractivity (Wildman–Crippen MR) is 121 cm³/mol. The van der Waals surface area contributed by atoms with Gasteiger partial charge in [0.2, 0.25) is 0 Å². The molecule has 0 spiro atoms. The zero-order valence-electron chi connectivity index (χ0n) is 17.2. The minimum Gasteiger partial charge on any atom is -0.483 e. The molecule has 0 aromatic heterocycles. The molecule has 0 radical (unpaired) electrons. The van der Waals surface area contributed by atoms with Gasteiger partial charge in [0.1, 0.15) is 11.4 Å². The monoisotopic (exact) mass is 507 g/mol. The number of fused-ring (bicyclic) bond motifs is 1. The van der Waals surface area contributed by atoms with Crippen molar-refractivity contribution >= 4 is 63.5 Å². The molecule has 34 heavy (non-hydrogen) atoms. The van der Waals surface area contributed by atoms with Gasteiger partial charge in [-0.3, -0.25) is 9.63 Å². The zero-order valence-corrected chi connectivity index (χ0v) is 18.8. The highest BCUT2D eigenvalue weighted by Gasteiger charge is 2.28. The zero-order chi connectivity index (χ0) is 25.2. The molecule has 0 heterocycles. The summed E-state index contributed by atoms with van der Waals surface area (Å²) in [5.74, 6) is -5.28. The molecule has 12 heteroatoms. The van der Waals surface area contributed by atoms with E-state index in [1.165, 1.54) is 24.3 Å². The number of hydrogen-bond acceptors (Lipinski definition) is 6. The average Bonchev–Trinajstić information content (AvgIpc) is 2.76. The van der Waals surface area contributed by atoms with E-state index in [1.54, 1.807) is 0 Å².